The minimum Gasteiger partial charge on any atom is -0.465 e. The number of carbonyl (C=O) groups is 1. The molecule has 0 fully saturated rings. The molecule has 2 aromatic rings. The molecule has 0 aliphatic rings. The van der Waals surface area contributed by atoms with Crippen molar-refractivity contribution in [2.24, 2.45) is 0 Å². The Morgan fingerprint density at radius 3 is 2.75 bits per heavy atom. The van der Waals surface area contributed by atoms with Crippen LogP contribution in [0.25, 0.3) is 10.2 Å². The predicted molar refractivity (Wildman–Crippen MR) is 67.3 cm³/mol. The van der Waals surface area contributed by atoms with E-state index in [1.807, 2.05) is 19.9 Å². The first kappa shape index (κ1) is 12.9. The van der Waals surface area contributed by atoms with Gasteiger partial charge in [0.15, 0.2) is 4.47 Å². The third-order valence-electron chi connectivity index (χ3n) is 1.79. The number of methoxy groups -OCH3 is 1. The van der Waals surface area contributed by atoms with Gasteiger partial charge in [-0.3, -0.25) is 0 Å². The number of ether oxygens (including phenoxy) is 1. The first-order valence-corrected chi connectivity index (χ1v) is 6.05. The highest BCUT2D eigenvalue weighted by Gasteiger charge is 2.12. The van der Waals surface area contributed by atoms with E-state index in [0.717, 1.165) is 10.2 Å². The number of rotatable bonds is 1. The number of hydrogen-bond donors (Lipinski definition) is 0. The van der Waals surface area contributed by atoms with Crippen LogP contribution in [-0.2, 0) is 4.74 Å². The summed E-state index contributed by atoms with van der Waals surface area (Å²) in [6, 6.07) is 5.26. The molecule has 1 aromatic carbocycles. The SMILES string of the molecule is CC.COC(=O)c1cccc2nc(Cl)sc12. The molecule has 0 atom stereocenters. The molecule has 0 spiro atoms. The van der Waals surface area contributed by atoms with E-state index >= 15 is 0 Å². The van der Waals surface area contributed by atoms with Crippen molar-refractivity contribution >= 4 is 39.1 Å². The van der Waals surface area contributed by atoms with E-state index in [2.05, 4.69) is 9.72 Å². The summed E-state index contributed by atoms with van der Waals surface area (Å²) in [5, 5.41) is 0. The van der Waals surface area contributed by atoms with Gasteiger partial charge in [-0.05, 0) is 12.1 Å². The van der Waals surface area contributed by atoms with Crippen LogP contribution in [0.3, 0.4) is 0 Å². The van der Waals surface area contributed by atoms with Gasteiger partial charge in [0.25, 0.3) is 0 Å². The molecule has 0 saturated heterocycles. The first-order valence-electron chi connectivity index (χ1n) is 4.85. The van der Waals surface area contributed by atoms with E-state index in [-0.39, 0.29) is 5.97 Å². The van der Waals surface area contributed by atoms with Gasteiger partial charge in [0.05, 0.1) is 22.9 Å². The molecule has 0 saturated carbocycles. The van der Waals surface area contributed by atoms with Crippen molar-refractivity contribution in [1.82, 2.24) is 4.98 Å². The molecule has 0 radical (unpaired) electrons. The van der Waals surface area contributed by atoms with Crippen molar-refractivity contribution < 1.29 is 9.53 Å². The number of halogens is 1. The molecule has 2 rings (SSSR count). The monoisotopic (exact) mass is 257 g/mol. The number of aromatic nitrogens is 1. The van der Waals surface area contributed by atoms with Crippen LogP contribution < -0.4 is 0 Å². The van der Waals surface area contributed by atoms with Crippen molar-refractivity contribution in [2.75, 3.05) is 7.11 Å². The maximum atomic E-state index is 11.4. The molecular weight excluding hydrogens is 246 g/mol. The molecule has 0 bridgehead atoms. The topological polar surface area (TPSA) is 39.2 Å². The summed E-state index contributed by atoms with van der Waals surface area (Å²) in [4.78, 5) is 15.4. The van der Waals surface area contributed by atoms with Gasteiger partial charge in [-0.15, -0.1) is 11.3 Å². The van der Waals surface area contributed by atoms with E-state index < -0.39 is 0 Å². The zero-order valence-corrected chi connectivity index (χ0v) is 10.9. The molecular formula is C11H12ClNO2S. The minimum atomic E-state index is -0.365. The number of esters is 1. The molecule has 0 amide bonds. The average Bonchev–Trinajstić information content (AvgIpc) is 2.70. The fraction of sp³-hybridized carbons (Fsp3) is 0.273. The largest absolute Gasteiger partial charge is 0.465 e. The summed E-state index contributed by atoms with van der Waals surface area (Å²) in [6.45, 7) is 4.00. The van der Waals surface area contributed by atoms with Crippen molar-refractivity contribution in [3.63, 3.8) is 0 Å². The van der Waals surface area contributed by atoms with Crippen LogP contribution in [0.15, 0.2) is 18.2 Å². The molecule has 3 nitrogen and oxygen atoms in total. The Bertz CT molecular complexity index is 496. The number of hydrogen-bond acceptors (Lipinski definition) is 4. The summed E-state index contributed by atoms with van der Waals surface area (Å²) < 4.78 is 5.85. The Balaban J connectivity index is 0.000000606. The summed E-state index contributed by atoms with van der Waals surface area (Å²) >= 11 is 7.03. The second-order valence-corrected chi connectivity index (χ2v) is 4.19. The number of thiazole rings is 1. The van der Waals surface area contributed by atoms with Gasteiger partial charge in [0.1, 0.15) is 0 Å². The Morgan fingerprint density at radius 1 is 1.44 bits per heavy atom. The number of fused-ring (bicyclic) bond motifs is 1. The third-order valence-corrected chi connectivity index (χ3v) is 3.00. The fourth-order valence-electron chi connectivity index (χ4n) is 1.19. The number of nitrogens with zero attached hydrogens (tertiary/aromatic N) is 1. The Hall–Kier alpha value is -1.13. The van der Waals surface area contributed by atoms with E-state index in [1.54, 1.807) is 12.1 Å². The van der Waals surface area contributed by atoms with E-state index in [9.17, 15) is 4.79 Å². The fourth-order valence-corrected chi connectivity index (χ4v) is 2.31. The highest BCUT2D eigenvalue weighted by atomic mass is 35.5. The first-order chi connectivity index (χ1) is 7.72. The molecule has 86 valence electrons. The van der Waals surface area contributed by atoms with Crippen LogP contribution in [0.5, 0.6) is 0 Å². The van der Waals surface area contributed by atoms with Crippen molar-refractivity contribution in [3.05, 3.63) is 28.2 Å². The van der Waals surface area contributed by atoms with Gasteiger partial charge >= 0.3 is 5.97 Å². The third kappa shape index (κ3) is 2.51. The van der Waals surface area contributed by atoms with Crippen molar-refractivity contribution in [1.29, 1.82) is 0 Å². The standard InChI is InChI=1S/C9H6ClNO2S.C2H6/c1-13-8(12)5-3-2-4-6-7(5)14-9(10)11-6;1-2/h2-4H,1H3;1-2H3. The summed E-state index contributed by atoms with van der Waals surface area (Å²) in [5.74, 6) is -0.365. The Labute approximate surface area is 103 Å². The average molecular weight is 258 g/mol. The predicted octanol–water partition coefficient (Wildman–Crippen LogP) is 3.76. The maximum absolute atomic E-state index is 11.4. The minimum absolute atomic E-state index is 0.365. The van der Waals surface area contributed by atoms with Crippen LogP contribution >= 0.6 is 22.9 Å². The molecule has 0 unspecified atom stereocenters. The zero-order valence-electron chi connectivity index (χ0n) is 9.28. The Kier molecular flexibility index (Phi) is 4.71. The van der Waals surface area contributed by atoms with Gasteiger partial charge in [-0.25, -0.2) is 9.78 Å². The summed E-state index contributed by atoms with van der Waals surface area (Å²) in [7, 11) is 1.35. The Morgan fingerprint density at radius 2 is 2.12 bits per heavy atom. The maximum Gasteiger partial charge on any atom is 0.339 e. The van der Waals surface area contributed by atoms with Gasteiger partial charge < -0.3 is 4.74 Å². The van der Waals surface area contributed by atoms with Gasteiger partial charge in [-0.2, -0.15) is 0 Å². The number of carbonyl (C=O) groups excluding carboxylic acids is 1. The zero-order chi connectivity index (χ0) is 12.1. The van der Waals surface area contributed by atoms with E-state index in [0.29, 0.717) is 10.0 Å². The van der Waals surface area contributed by atoms with Gasteiger partial charge in [0.2, 0.25) is 0 Å². The van der Waals surface area contributed by atoms with Crippen LogP contribution in [0, 0.1) is 0 Å². The van der Waals surface area contributed by atoms with Crippen molar-refractivity contribution in [2.45, 2.75) is 13.8 Å². The lowest BCUT2D eigenvalue weighted by Crippen LogP contribution is -2.00. The van der Waals surface area contributed by atoms with Crippen LogP contribution in [0.2, 0.25) is 4.47 Å². The molecule has 0 aliphatic carbocycles. The van der Waals surface area contributed by atoms with E-state index in [1.165, 1.54) is 18.4 Å². The molecule has 0 N–H and O–H groups in total. The summed E-state index contributed by atoms with van der Waals surface area (Å²) in [6.07, 6.45) is 0. The van der Waals surface area contributed by atoms with Crippen LogP contribution in [0.1, 0.15) is 24.2 Å². The van der Waals surface area contributed by atoms with E-state index in [4.69, 9.17) is 11.6 Å². The molecule has 16 heavy (non-hydrogen) atoms. The lowest BCUT2D eigenvalue weighted by Gasteiger charge is -1.98. The highest BCUT2D eigenvalue weighted by molar-refractivity contribution is 7.22. The second-order valence-electron chi connectivity index (χ2n) is 2.61. The molecule has 1 heterocycles. The number of benzene rings is 1. The highest BCUT2D eigenvalue weighted by Crippen LogP contribution is 2.28. The smallest absolute Gasteiger partial charge is 0.339 e. The quantitative estimate of drug-likeness (QED) is 0.730. The second kappa shape index (κ2) is 5.82. The molecule has 0 aliphatic heterocycles. The lowest BCUT2D eigenvalue weighted by atomic mass is 10.2. The van der Waals surface area contributed by atoms with Crippen molar-refractivity contribution in [3.8, 4) is 0 Å². The van der Waals surface area contributed by atoms with Crippen LogP contribution in [0.4, 0.5) is 0 Å². The van der Waals surface area contributed by atoms with Crippen LogP contribution in [-0.4, -0.2) is 18.1 Å². The molecule has 5 heteroatoms. The van der Waals surface area contributed by atoms with Gasteiger partial charge in [0, 0.05) is 0 Å². The van der Waals surface area contributed by atoms with Gasteiger partial charge in [-0.1, -0.05) is 31.5 Å². The molecule has 1 aromatic heterocycles. The normalized spacial score (nSPS) is 9.50. The summed E-state index contributed by atoms with van der Waals surface area (Å²) in [5.41, 5.74) is 1.23. The lowest BCUT2D eigenvalue weighted by molar-refractivity contribution is 0.0603.